The van der Waals surface area contributed by atoms with Crippen LogP contribution in [0.25, 0.3) is 0 Å². The maximum absolute atomic E-state index is 2.46. The zero-order valence-corrected chi connectivity index (χ0v) is 9.58. The molecule has 80 valence electrons. The largest absolute Gasteiger partial charge is 0.0622 e. The van der Waals surface area contributed by atoms with Crippen LogP contribution in [0.2, 0.25) is 0 Å². The molecular formula is C15H20. The van der Waals surface area contributed by atoms with E-state index in [2.05, 4.69) is 31.2 Å². The van der Waals surface area contributed by atoms with E-state index in [0.29, 0.717) is 0 Å². The van der Waals surface area contributed by atoms with Crippen LogP contribution in [0.4, 0.5) is 0 Å². The van der Waals surface area contributed by atoms with Crippen molar-refractivity contribution in [3.8, 4) is 0 Å². The zero-order valence-electron chi connectivity index (χ0n) is 9.58. The first-order chi connectivity index (χ1) is 7.36. The predicted molar refractivity (Wildman–Crippen MR) is 64.0 cm³/mol. The Balaban J connectivity index is 1.99. The van der Waals surface area contributed by atoms with Crippen molar-refractivity contribution in [1.82, 2.24) is 0 Å². The van der Waals surface area contributed by atoms with E-state index >= 15 is 0 Å². The second-order valence-electron chi connectivity index (χ2n) is 5.42. The van der Waals surface area contributed by atoms with Crippen LogP contribution in [0.3, 0.4) is 0 Å². The van der Waals surface area contributed by atoms with Crippen molar-refractivity contribution < 1.29 is 0 Å². The molecule has 0 nitrogen and oxygen atoms in total. The number of rotatable bonds is 0. The van der Waals surface area contributed by atoms with Gasteiger partial charge in [0.1, 0.15) is 0 Å². The maximum atomic E-state index is 2.46. The molecule has 1 saturated carbocycles. The van der Waals surface area contributed by atoms with Crippen LogP contribution in [0.5, 0.6) is 0 Å². The fraction of sp³-hybridized carbons (Fsp3) is 0.600. The number of hydrogen-bond donors (Lipinski definition) is 0. The van der Waals surface area contributed by atoms with Crippen molar-refractivity contribution in [2.75, 3.05) is 0 Å². The van der Waals surface area contributed by atoms with Gasteiger partial charge in [0.15, 0.2) is 0 Å². The van der Waals surface area contributed by atoms with Gasteiger partial charge in [0.25, 0.3) is 0 Å². The molecule has 2 aliphatic rings. The Morgan fingerprint density at radius 3 is 2.87 bits per heavy atom. The summed E-state index contributed by atoms with van der Waals surface area (Å²) in [5.74, 6) is 2.82. The molecule has 1 unspecified atom stereocenters. The molecule has 0 amide bonds. The lowest BCUT2D eigenvalue weighted by atomic mass is 9.64. The summed E-state index contributed by atoms with van der Waals surface area (Å²) in [6, 6.07) is 9.14. The molecule has 1 fully saturated rings. The fourth-order valence-corrected chi connectivity index (χ4v) is 3.80. The molecule has 0 heteroatoms. The lowest BCUT2D eigenvalue weighted by molar-refractivity contribution is 0.195. The third-order valence-electron chi connectivity index (χ3n) is 4.62. The number of benzene rings is 1. The molecule has 0 aromatic heterocycles. The highest BCUT2D eigenvalue weighted by atomic mass is 14.4. The molecule has 1 aromatic carbocycles. The summed E-state index contributed by atoms with van der Waals surface area (Å²) in [6.45, 7) is 2.46. The van der Waals surface area contributed by atoms with Gasteiger partial charge in [-0.05, 0) is 48.1 Å². The predicted octanol–water partition coefficient (Wildman–Crippen LogP) is 4.15. The SMILES string of the molecule is C[C@H]1CCCC2c3ccccc3CC[C@@H]21. The van der Waals surface area contributed by atoms with Gasteiger partial charge < -0.3 is 0 Å². The van der Waals surface area contributed by atoms with Crippen molar-refractivity contribution in [2.24, 2.45) is 11.8 Å². The molecular weight excluding hydrogens is 180 g/mol. The molecule has 0 N–H and O–H groups in total. The van der Waals surface area contributed by atoms with Gasteiger partial charge in [0.05, 0.1) is 0 Å². The van der Waals surface area contributed by atoms with Crippen LogP contribution in [0, 0.1) is 11.8 Å². The summed E-state index contributed by atoms with van der Waals surface area (Å²) in [4.78, 5) is 0. The molecule has 0 saturated heterocycles. The Kier molecular flexibility index (Phi) is 2.31. The Labute approximate surface area is 92.7 Å². The van der Waals surface area contributed by atoms with Crippen LogP contribution in [-0.4, -0.2) is 0 Å². The molecule has 0 bridgehead atoms. The standard InChI is InChI=1S/C15H20/c1-11-5-4-8-15-13(11)10-9-12-6-2-3-7-14(12)15/h2-3,6-7,11,13,15H,4-5,8-10H2,1H3/t11-,13+,15?/m0/s1. The first kappa shape index (κ1) is 9.45. The average Bonchev–Trinajstić information content (AvgIpc) is 2.29. The van der Waals surface area contributed by atoms with Crippen molar-refractivity contribution in [1.29, 1.82) is 0 Å². The summed E-state index contributed by atoms with van der Waals surface area (Å²) in [5.41, 5.74) is 3.31. The quantitative estimate of drug-likeness (QED) is 0.590. The molecule has 0 aliphatic heterocycles. The third kappa shape index (κ3) is 1.51. The second kappa shape index (κ2) is 3.66. The van der Waals surface area contributed by atoms with Crippen molar-refractivity contribution >= 4 is 0 Å². The third-order valence-corrected chi connectivity index (χ3v) is 4.62. The highest BCUT2D eigenvalue weighted by molar-refractivity contribution is 5.33. The summed E-state index contributed by atoms with van der Waals surface area (Å²) in [7, 11) is 0. The van der Waals surface area contributed by atoms with E-state index in [0.717, 1.165) is 17.8 Å². The Bertz CT molecular complexity index is 353. The molecule has 3 rings (SSSR count). The van der Waals surface area contributed by atoms with E-state index in [9.17, 15) is 0 Å². The Morgan fingerprint density at radius 1 is 1.07 bits per heavy atom. The van der Waals surface area contributed by atoms with E-state index in [1.165, 1.54) is 32.1 Å². The Morgan fingerprint density at radius 2 is 1.93 bits per heavy atom. The van der Waals surface area contributed by atoms with Gasteiger partial charge in [-0.3, -0.25) is 0 Å². The maximum Gasteiger partial charge on any atom is -0.0128 e. The molecule has 2 aliphatic carbocycles. The van der Waals surface area contributed by atoms with Crippen LogP contribution in [0.1, 0.15) is 49.7 Å². The minimum absolute atomic E-state index is 0.888. The second-order valence-corrected chi connectivity index (χ2v) is 5.42. The van der Waals surface area contributed by atoms with E-state index in [1.807, 2.05) is 0 Å². The van der Waals surface area contributed by atoms with E-state index < -0.39 is 0 Å². The van der Waals surface area contributed by atoms with Gasteiger partial charge in [-0.1, -0.05) is 44.0 Å². The minimum Gasteiger partial charge on any atom is -0.0622 e. The van der Waals surface area contributed by atoms with Crippen LogP contribution in [0.15, 0.2) is 24.3 Å². The summed E-state index contributed by atoms with van der Waals surface area (Å²) >= 11 is 0. The van der Waals surface area contributed by atoms with Gasteiger partial charge in [0.2, 0.25) is 0 Å². The molecule has 0 radical (unpaired) electrons. The highest BCUT2D eigenvalue weighted by Gasteiger charge is 2.35. The fourth-order valence-electron chi connectivity index (χ4n) is 3.80. The topological polar surface area (TPSA) is 0 Å². The van der Waals surface area contributed by atoms with Crippen LogP contribution >= 0.6 is 0 Å². The van der Waals surface area contributed by atoms with Crippen molar-refractivity contribution in [3.05, 3.63) is 35.4 Å². The van der Waals surface area contributed by atoms with Crippen LogP contribution in [-0.2, 0) is 6.42 Å². The first-order valence-electron chi connectivity index (χ1n) is 6.44. The Hall–Kier alpha value is -0.780. The summed E-state index contributed by atoms with van der Waals surface area (Å²) in [5, 5.41) is 0. The van der Waals surface area contributed by atoms with Gasteiger partial charge in [-0.2, -0.15) is 0 Å². The number of hydrogen-bond acceptors (Lipinski definition) is 0. The monoisotopic (exact) mass is 200 g/mol. The van der Waals surface area contributed by atoms with Gasteiger partial charge in [0, 0.05) is 0 Å². The summed E-state index contributed by atoms with van der Waals surface area (Å²) in [6.07, 6.45) is 7.09. The summed E-state index contributed by atoms with van der Waals surface area (Å²) < 4.78 is 0. The molecule has 15 heavy (non-hydrogen) atoms. The molecule has 3 atom stereocenters. The normalized spacial score (nSPS) is 34.3. The van der Waals surface area contributed by atoms with E-state index in [-0.39, 0.29) is 0 Å². The molecule has 0 spiro atoms. The minimum atomic E-state index is 0.888. The van der Waals surface area contributed by atoms with Crippen LogP contribution < -0.4 is 0 Å². The lowest BCUT2D eigenvalue weighted by Crippen LogP contribution is -2.29. The van der Waals surface area contributed by atoms with Gasteiger partial charge >= 0.3 is 0 Å². The molecule has 1 aromatic rings. The zero-order chi connectivity index (χ0) is 10.3. The van der Waals surface area contributed by atoms with E-state index in [1.54, 1.807) is 11.1 Å². The van der Waals surface area contributed by atoms with Crippen molar-refractivity contribution in [2.45, 2.75) is 44.9 Å². The van der Waals surface area contributed by atoms with Crippen molar-refractivity contribution in [3.63, 3.8) is 0 Å². The van der Waals surface area contributed by atoms with Gasteiger partial charge in [-0.25, -0.2) is 0 Å². The highest BCUT2D eigenvalue weighted by Crippen LogP contribution is 2.47. The molecule has 0 heterocycles. The number of aryl methyl sites for hydroxylation is 1. The van der Waals surface area contributed by atoms with Gasteiger partial charge in [-0.15, -0.1) is 0 Å². The smallest absolute Gasteiger partial charge is 0.0128 e. The first-order valence-corrected chi connectivity index (χ1v) is 6.44. The number of fused-ring (bicyclic) bond motifs is 3. The van der Waals surface area contributed by atoms with E-state index in [4.69, 9.17) is 0 Å². The lowest BCUT2D eigenvalue weighted by Gasteiger charge is -2.41. The average molecular weight is 200 g/mol.